The zero-order valence-electron chi connectivity index (χ0n) is 31.1. The third-order valence-electron chi connectivity index (χ3n) is 10.4. The zero-order chi connectivity index (χ0) is 36.4. The predicted molar refractivity (Wildman–Crippen MR) is 205 cm³/mol. The van der Waals surface area contributed by atoms with Gasteiger partial charge in [-0.25, -0.2) is 9.78 Å². The van der Waals surface area contributed by atoms with Crippen molar-refractivity contribution >= 4 is 17.6 Å². The number of carbonyl (C=O) groups is 2. The first-order valence-corrected chi connectivity index (χ1v) is 19.3. The summed E-state index contributed by atoms with van der Waals surface area (Å²) in [4.78, 5) is 40.6. The molecule has 9 heteroatoms. The van der Waals surface area contributed by atoms with Crippen molar-refractivity contribution in [2.75, 3.05) is 0 Å². The summed E-state index contributed by atoms with van der Waals surface area (Å²) >= 11 is 0. The van der Waals surface area contributed by atoms with Crippen molar-refractivity contribution in [2.24, 2.45) is 16.8 Å². The Labute approximate surface area is 305 Å². The molecule has 3 heterocycles. The molecule has 1 amide bonds. The molecule has 0 bridgehead atoms. The SMILES string of the molecule is C=C1C(CCCC(=O)C(CC(C=CC)CC=CC)=NC(=O)OCc2ccccc2)CCCCC2CCC(C(O)NC(CCC)Cc3cnc[nH]3)N12. The molecule has 278 valence electrons. The van der Waals surface area contributed by atoms with Gasteiger partial charge in [0.2, 0.25) is 0 Å². The van der Waals surface area contributed by atoms with Crippen molar-refractivity contribution in [3.63, 3.8) is 0 Å². The lowest BCUT2D eigenvalue weighted by Crippen LogP contribution is -2.52. The number of amides is 1. The fourth-order valence-corrected chi connectivity index (χ4v) is 7.82. The number of carbonyl (C=O) groups excluding carboxylic acids is 2. The summed E-state index contributed by atoms with van der Waals surface area (Å²) in [5.74, 6) is 0.182. The number of nitrogens with zero attached hydrogens (tertiary/aromatic N) is 3. The number of ketones is 1. The summed E-state index contributed by atoms with van der Waals surface area (Å²) in [5.41, 5.74) is 3.31. The number of imidazole rings is 1. The van der Waals surface area contributed by atoms with E-state index >= 15 is 0 Å². The Morgan fingerprint density at radius 1 is 1.16 bits per heavy atom. The molecule has 2 fully saturated rings. The zero-order valence-corrected chi connectivity index (χ0v) is 31.1. The highest BCUT2D eigenvalue weighted by Crippen LogP contribution is 2.39. The number of Topliss-reactive ketones (excluding diaryl/α,β-unsaturated/α-hetero) is 1. The van der Waals surface area contributed by atoms with E-state index < -0.39 is 12.3 Å². The van der Waals surface area contributed by atoms with Gasteiger partial charge in [0.15, 0.2) is 5.78 Å². The van der Waals surface area contributed by atoms with Crippen molar-refractivity contribution in [3.8, 4) is 0 Å². The lowest BCUT2D eigenvalue weighted by atomic mass is 9.87. The van der Waals surface area contributed by atoms with Gasteiger partial charge < -0.3 is 19.7 Å². The van der Waals surface area contributed by atoms with Gasteiger partial charge in [-0.2, -0.15) is 4.99 Å². The monoisotopic (exact) mass is 699 g/mol. The van der Waals surface area contributed by atoms with Gasteiger partial charge in [0.1, 0.15) is 12.8 Å². The lowest BCUT2D eigenvalue weighted by Gasteiger charge is -2.41. The van der Waals surface area contributed by atoms with Crippen molar-refractivity contribution in [3.05, 3.63) is 90.7 Å². The standard InChI is InChI=1S/C42H61N5O4/c1-5-8-17-32(15-6-2)26-38(46-42(50)51-29-33-18-10-9-11-19-33)40(48)23-14-21-34-20-12-13-22-37-24-25-39(47(37)31(34)4)41(49)45-35(16-7-3)27-36-28-43-30-44-36/h5-6,8-11,15,18-19,28,30,32,34-35,37,39,41,45,49H,4,7,12-14,16-17,20-27,29H2,1-3H3,(H,43,44). The molecule has 2 aliphatic rings. The maximum atomic E-state index is 13.7. The van der Waals surface area contributed by atoms with Crippen LogP contribution in [0.2, 0.25) is 0 Å². The van der Waals surface area contributed by atoms with E-state index in [0.717, 1.165) is 87.6 Å². The Morgan fingerprint density at radius 2 is 1.96 bits per heavy atom. The summed E-state index contributed by atoms with van der Waals surface area (Å²) in [7, 11) is 0. The molecule has 6 unspecified atom stereocenters. The third-order valence-corrected chi connectivity index (χ3v) is 10.4. The second-order valence-electron chi connectivity index (χ2n) is 14.3. The molecule has 6 atom stereocenters. The van der Waals surface area contributed by atoms with E-state index in [4.69, 9.17) is 4.74 Å². The maximum Gasteiger partial charge on any atom is 0.434 e. The second kappa shape index (κ2) is 21.5. The molecular formula is C42H61N5O4. The quantitative estimate of drug-likeness (QED) is 0.0763. The van der Waals surface area contributed by atoms with Crippen LogP contribution in [0.4, 0.5) is 4.79 Å². The summed E-state index contributed by atoms with van der Waals surface area (Å²) in [6.45, 7) is 10.9. The van der Waals surface area contributed by atoms with Gasteiger partial charge in [-0.05, 0) is 82.6 Å². The molecule has 2 saturated heterocycles. The van der Waals surface area contributed by atoms with Gasteiger partial charge in [0.05, 0.1) is 18.1 Å². The minimum absolute atomic E-state index is 0.0350. The van der Waals surface area contributed by atoms with Gasteiger partial charge in [-0.1, -0.05) is 87.4 Å². The van der Waals surface area contributed by atoms with E-state index in [9.17, 15) is 14.7 Å². The van der Waals surface area contributed by atoms with Gasteiger partial charge in [-0.15, -0.1) is 0 Å². The molecule has 51 heavy (non-hydrogen) atoms. The Morgan fingerprint density at radius 3 is 2.69 bits per heavy atom. The van der Waals surface area contributed by atoms with E-state index in [-0.39, 0.29) is 42.0 Å². The largest absolute Gasteiger partial charge is 0.443 e. The second-order valence-corrected chi connectivity index (χ2v) is 14.3. The van der Waals surface area contributed by atoms with Crippen molar-refractivity contribution in [1.82, 2.24) is 20.2 Å². The average Bonchev–Trinajstić information content (AvgIpc) is 3.80. The Balaban J connectivity index is 1.40. The fraction of sp³-hybridized carbons (Fsp3) is 0.571. The molecule has 1 aromatic heterocycles. The van der Waals surface area contributed by atoms with E-state index in [0.29, 0.717) is 25.3 Å². The van der Waals surface area contributed by atoms with Crippen LogP contribution in [0.3, 0.4) is 0 Å². The van der Waals surface area contributed by atoms with Crippen LogP contribution in [0.15, 0.2) is 84.4 Å². The minimum atomic E-state index is -0.732. The van der Waals surface area contributed by atoms with Gasteiger partial charge in [0, 0.05) is 48.9 Å². The van der Waals surface area contributed by atoms with Crippen LogP contribution < -0.4 is 5.32 Å². The molecule has 4 rings (SSSR count). The number of aliphatic hydroxyl groups is 1. The van der Waals surface area contributed by atoms with Gasteiger partial charge in [-0.3, -0.25) is 10.1 Å². The maximum absolute atomic E-state index is 13.7. The highest BCUT2D eigenvalue weighted by Gasteiger charge is 2.40. The van der Waals surface area contributed by atoms with Gasteiger partial charge in [0.25, 0.3) is 0 Å². The number of fused-ring (bicyclic) bond motifs is 1. The first kappa shape index (κ1) is 40.0. The van der Waals surface area contributed by atoms with Gasteiger partial charge >= 0.3 is 6.09 Å². The molecule has 2 aromatic rings. The molecule has 0 saturated carbocycles. The van der Waals surface area contributed by atoms with E-state index in [1.165, 1.54) is 0 Å². The van der Waals surface area contributed by atoms with E-state index in [2.05, 4.69) is 50.8 Å². The predicted octanol–water partition coefficient (Wildman–Crippen LogP) is 8.63. The number of hydrogen-bond donors (Lipinski definition) is 3. The molecule has 0 radical (unpaired) electrons. The number of allylic oxidation sites excluding steroid dienone is 5. The van der Waals surface area contributed by atoms with Crippen molar-refractivity contribution < 1.29 is 19.4 Å². The summed E-state index contributed by atoms with van der Waals surface area (Å²) in [6.07, 6.45) is 22.4. The normalized spacial score (nSPS) is 21.7. The molecule has 1 aromatic carbocycles. The smallest absolute Gasteiger partial charge is 0.434 e. The number of rotatable bonds is 19. The fourth-order valence-electron chi connectivity index (χ4n) is 7.82. The lowest BCUT2D eigenvalue weighted by molar-refractivity contribution is -0.113. The van der Waals surface area contributed by atoms with E-state index in [1.54, 1.807) is 6.33 Å². The van der Waals surface area contributed by atoms with Crippen LogP contribution in [-0.4, -0.2) is 61.9 Å². The number of aliphatic hydroxyl groups excluding tert-OH is 1. The number of benzene rings is 1. The highest BCUT2D eigenvalue weighted by atomic mass is 16.5. The van der Waals surface area contributed by atoms with E-state index in [1.807, 2.05) is 62.5 Å². The summed E-state index contributed by atoms with van der Waals surface area (Å²) in [5, 5.41) is 15.2. The summed E-state index contributed by atoms with van der Waals surface area (Å²) < 4.78 is 5.45. The average molecular weight is 700 g/mol. The minimum Gasteiger partial charge on any atom is -0.443 e. The molecule has 0 aliphatic carbocycles. The van der Waals surface area contributed by atoms with Crippen LogP contribution in [0.1, 0.15) is 115 Å². The molecule has 0 spiro atoms. The topological polar surface area (TPSA) is 120 Å². The van der Waals surface area contributed by atoms with Crippen LogP contribution in [0, 0.1) is 11.8 Å². The van der Waals surface area contributed by atoms with Crippen LogP contribution >= 0.6 is 0 Å². The van der Waals surface area contributed by atoms with Crippen LogP contribution in [-0.2, 0) is 22.6 Å². The Hall–Kier alpha value is -3.82. The van der Waals surface area contributed by atoms with Crippen molar-refractivity contribution in [2.45, 2.75) is 142 Å². The van der Waals surface area contributed by atoms with Crippen LogP contribution in [0.25, 0.3) is 0 Å². The summed E-state index contributed by atoms with van der Waals surface area (Å²) in [6, 6.07) is 9.97. The number of ether oxygens (including phenoxy) is 1. The molecular weight excluding hydrogens is 638 g/mol. The number of hydrogen-bond acceptors (Lipinski definition) is 7. The Bertz CT molecular complexity index is 1440. The molecule has 3 N–H and O–H groups in total. The van der Waals surface area contributed by atoms with Crippen LogP contribution in [0.5, 0.6) is 0 Å². The number of aromatic nitrogens is 2. The first-order valence-electron chi connectivity index (χ1n) is 19.3. The highest BCUT2D eigenvalue weighted by molar-refractivity contribution is 6.41. The number of aliphatic imine (C=N–C) groups is 1. The number of H-pyrrole nitrogens is 1. The Kier molecular flexibility index (Phi) is 16.9. The number of aromatic amines is 1. The third kappa shape index (κ3) is 12.7. The first-order chi connectivity index (χ1) is 24.8. The molecule has 9 nitrogen and oxygen atoms in total. The van der Waals surface area contributed by atoms with Crippen molar-refractivity contribution in [1.29, 1.82) is 0 Å². The number of nitrogens with one attached hydrogen (secondary N) is 2. The molecule has 2 aliphatic heterocycles.